The number of hydrogen-bond donors (Lipinski definition) is 0. The van der Waals surface area contributed by atoms with Gasteiger partial charge < -0.3 is 9.47 Å². The summed E-state index contributed by atoms with van der Waals surface area (Å²) in [6, 6.07) is 5.68. The van der Waals surface area contributed by atoms with Crippen LogP contribution < -0.4 is 15.0 Å². The van der Waals surface area contributed by atoms with Crippen molar-refractivity contribution in [2.75, 3.05) is 27.3 Å². The van der Waals surface area contributed by atoms with Gasteiger partial charge in [0.2, 0.25) is 0 Å². The van der Waals surface area contributed by atoms with Crippen molar-refractivity contribution < 1.29 is 9.47 Å². The van der Waals surface area contributed by atoms with E-state index in [1.54, 1.807) is 37.7 Å². The van der Waals surface area contributed by atoms with Gasteiger partial charge in [-0.25, -0.2) is 4.98 Å². The molecule has 142 valence electrons. The van der Waals surface area contributed by atoms with Gasteiger partial charge in [-0.05, 0) is 30.0 Å². The van der Waals surface area contributed by atoms with Gasteiger partial charge >= 0.3 is 0 Å². The standard InChI is InChI=1S/C20H23N3O3S/c1-13-5-9-27-18(13)12-22-6-4-19-21-15-11-17(26-3)16(25-2)10-14(15)20(24)23(19)8-7-22/h5,9-11H,4,6-8,12H2,1-3H3. The molecule has 27 heavy (non-hydrogen) atoms. The number of nitrogens with zero attached hydrogens (tertiary/aromatic N) is 3. The first-order valence-corrected chi connectivity index (χ1v) is 9.89. The third-order valence-corrected chi connectivity index (χ3v) is 6.17. The Balaban J connectivity index is 1.68. The Labute approximate surface area is 162 Å². The van der Waals surface area contributed by atoms with E-state index >= 15 is 0 Å². The molecule has 0 atom stereocenters. The number of hydrogen-bond acceptors (Lipinski definition) is 6. The molecule has 1 aliphatic heterocycles. The van der Waals surface area contributed by atoms with Crippen LogP contribution in [0.25, 0.3) is 10.9 Å². The van der Waals surface area contributed by atoms with Gasteiger partial charge in [-0.2, -0.15) is 0 Å². The normalized spacial score (nSPS) is 14.8. The first-order chi connectivity index (χ1) is 13.1. The third kappa shape index (κ3) is 3.33. The molecule has 7 heteroatoms. The molecule has 0 fully saturated rings. The van der Waals surface area contributed by atoms with Crippen molar-refractivity contribution in [3.8, 4) is 11.5 Å². The highest BCUT2D eigenvalue weighted by atomic mass is 32.1. The summed E-state index contributed by atoms with van der Waals surface area (Å²) in [7, 11) is 3.16. The van der Waals surface area contributed by atoms with E-state index in [4.69, 9.17) is 14.5 Å². The Bertz CT molecular complexity index is 1040. The molecule has 0 aliphatic carbocycles. The molecule has 0 unspecified atom stereocenters. The van der Waals surface area contributed by atoms with Crippen LogP contribution in [0, 0.1) is 6.92 Å². The molecule has 0 bridgehead atoms. The lowest BCUT2D eigenvalue weighted by Crippen LogP contribution is -2.28. The average Bonchev–Trinajstić information content (AvgIpc) is 2.96. The second-order valence-corrected chi connectivity index (χ2v) is 7.76. The number of aryl methyl sites for hydroxylation is 1. The molecule has 2 aromatic heterocycles. The fraction of sp³-hybridized carbons (Fsp3) is 0.400. The van der Waals surface area contributed by atoms with E-state index in [1.807, 2.05) is 4.57 Å². The molecule has 0 saturated heterocycles. The molecule has 0 N–H and O–H groups in total. The fourth-order valence-electron chi connectivity index (χ4n) is 3.55. The summed E-state index contributed by atoms with van der Waals surface area (Å²) in [6.45, 7) is 5.45. The number of aromatic nitrogens is 2. The second kappa shape index (κ2) is 7.32. The molecule has 0 spiro atoms. The van der Waals surface area contributed by atoms with Gasteiger partial charge in [0.25, 0.3) is 5.56 Å². The maximum absolute atomic E-state index is 13.1. The molecule has 6 nitrogen and oxygen atoms in total. The maximum atomic E-state index is 13.1. The van der Waals surface area contributed by atoms with Crippen LogP contribution >= 0.6 is 11.3 Å². The van der Waals surface area contributed by atoms with E-state index in [2.05, 4.69) is 23.3 Å². The molecule has 3 heterocycles. The summed E-state index contributed by atoms with van der Waals surface area (Å²) in [5, 5.41) is 2.70. The molecule has 0 saturated carbocycles. The van der Waals surface area contributed by atoms with Gasteiger partial charge in [-0.15, -0.1) is 11.3 Å². The zero-order chi connectivity index (χ0) is 19.0. The average molecular weight is 385 g/mol. The van der Waals surface area contributed by atoms with E-state index < -0.39 is 0 Å². The molecule has 0 amide bonds. The van der Waals surface area contributed by atoms with Gasteiger partial charge in [0.1, 0.15) is 5.82 Å². The predicted molar refractivity (Wildman–Crippen MR) is 107 cm³/mol. The monoisotopic (exact) mass is 385 g/mol. The SMILES string of the molecule is COc1cc2nc3n(c(=O)c2cc1OC)CCN(Cc1sccc1C)CC3. The van der Waals surface area contributed by atoms with Crippen molar-refractivity contribution in [2.45, 2.75) is 26.4 Å². The minimum Gasteiger partial charge on any atom is -0.493 e. The second-order valence-electron chi connectivity index (χ2n) is 6.76. The van der Waals surface area contributed by atoms with Crippen molar-refractivity contribution in [1.82, 2.24) is 14.5 Å². The van der Waals surface area contributed by atoms with Gasteiger partial charge in [0, 0.05) is 43.5 Å². The largest absolute Gasteiger partial charge is 0.493 e. The van der Waals surface area contributed by atoms with Gasteiger partial charge in [0.15, 0.2) is 11.5 Å². The number of rotatable bonds is 4. The summed E-state index contributed by atoms with van der Waals surface area (Å²) in [4.78, 5) is 21.6. The van der Waals surface area contributed by atoms with E-state index in [0.29, 0.717) is 28.9 Å². The molecular weight excluding hydrogens is 362 g/mol. The van der Waals surface area contributed by atoms with E-state index in [0.717, 1.165) is 31.9 Å². The van der Waals surface area contributed by atoms with Crippen molar-refractivity contribution >= 4 is 22.2 Å². The topological polar surface area (TPSA) is 56.6 Å². The summed E-state index contributed by atoms with van der Waals surface area (Å²) in [5.41, 5.74) is 1.98. The highest BCUT2D eigenvalue weighted by molar-refractivity contribution is 7.10. The first-order valence-electron chi connectivity index (χ1n) is 9.01. The zero-order valence-electron chi connectivity index (χ0n) is 15.8. The molecule has 3 aromatic rings. The van der Waals surface area contributed by atoms with Crippen LogP contribution in [0.2, 0.25) is 0 Å². The van der Waals surface area contributed by atoms with Crippen LogP contribution in [-0.4, -0.2) is 41.8 Å². The van der Waals surface area contributed by atoms with Gasteiger partial charge in [-0.3, -0.25) is 14.3 Å². The van der Waals surface area contributed by atoms with Crippen LogP contribution in [0.15, 0.2) is 28.4 Å². The minimum atomic E-state index is -0.00916. The zero-order valence-corrected chi connectivity index (χ0v) is 16.6. The highest BCUT2D eigenvalue weighted by Gasteiger charge is 2.20. The number of methoxy groups -OCH3 is 2. The van der Waals surface area contributed by atoms with Gasteiger partial charge in [-0.1, -0.05) is 0 Å². The van der Waals surface area contributed by atoms with Crippen LogP contribution in [0.5, 0.6) is 11.5 Å². The summed E-state index contributed by atoms with van der Waals surface area (Å²) in [5.74, 6) is 1.98. The third-order valence-electron chi connectivity index (χ3n) is 5.17. The molecule has 0 radical (unpaired) electrons. The number of fused-ring (bicyclic) bond motifs is 2. The summed E-state index contributed by atoms with van der Waals surface area (Å²) >= 11 is 1.79. The summed E-state index contributed by atoms with van der Waals surface area (Å²) < 4.78 is 12.5. The number of benzene rings is 1. The van der Waals surface area contributed by atoms with E-state index in [1.165, 1.54) is 10.4 Å². The van der Waals surface area contributed by atoms with Crippen molar-refractivity contribution in [2.24, 2.45) is 0 Å². The van der Waals surface area contributed by atoms with Crippen LogP contribution in [0.3, 0.4) is 0 Å². The van der Waals surface area contributed by atoms with Crippen LogP contribution in [0.4, 0.5) is 0 Å². The Hall–Kier alpha value is -2.38. The minimum absolute atomic E-state index is 0.00916. The predicted octanol–water partition coefficient (Wildman–Crippen LogP) is 2.84. The molecule has 1 aromatic carbocycles. The fourth-order valence-corrected chi connectivity index (χ4v) is 4.50. The Morgan fingerprint density at radius 2 is 1.93 bits per heavy atom. The van der Waals surface area contributed by atoms with E-state index in [-0.39, 0.29) is 5.56 Å². The lowest BCUT2D eigenvalue weighted by molar-refractivity contribution is 0.273. The number of ether oxygens (including phenoxy) is 2. The lowest BCUT2D eigenvalue weighted by Gasteiger charge is -2.18. The smallest absolute Gasteiger partial charge is 0.261 e. The van der Waals surface area contributed by atoms with Gasteiger partial charge in [0.05, 0.1) is 25.1 Å². The highest BCUT2D eigenvalue weighted by Crippen LogP contribution is 2.30. The quantitative estimate of drug-likeness (QED) is 0.691. The van der Waals surface area contributed by atoms with E-state index in [9.17, 15) is 4.79 Å². The lowest BCUT2D eigenvalue weighted by atomic mass is 10.2. The molecule has 4 rings (SSSR count). The maximum Gasteiger partial charge on any atom is 0.261 e. The number of thiophene rings is 1. The molecule has 1 aliphatic rings. The summed E-state index contributed by atoms with van der Waals surface area (Å²) in [6.07, 6.45) is 0.754. The van der Waals surface area contributed by atoms with Crippen molar-refractivity contribution in [3.05, 3.63) is 50.2 Å². The van der Waals surface area contributed by atoms with Crippen molar-refractivity contribution in [3.63, 3.8) is 0 Å². The Morgan fingerprint density at radius 3 is 2.63 bits per heavy atom. The van der Waals surface area contributed by atoms with Crippen LogP contribution in [-0.2, 0) is 19.5 Å². The van der Waals surface area contributed by atoms with Crippen LogP contribution in [0.1, 0.15) is 16.3 Å². The Kier molecular flexibility index (Phi) is 4.88. The Morgan fingerprint density at radius 1 is 1.15 bits per heavy atom. The first kappa shape index (κ1) is 18.0. The molecular formula is C20H23N3O3S. The van der Waals surface area contributed by atoms with Crippen molar-refractivity contribution in [1.29, 1.82) is 0 Å².